The third-order valence-electron chi connectivity index (χ3n) is 5.18. The molecule has 0 saturated carbocycles. The number of rotatable bonds is 7. The number of nitrogens with one attached hydrogen (secondary N) is 2. The summed E-state index contributed by atoms with van der Waals surface area (Å²) in [7, 11) is 0. The Hall–Kier alpha value is -3.03. The fraction of sp³-hybridized carbons (Fsp3) is 0.500. The number of ether oxygens (including phenoxy) is 2. The average molecular weight is 415 g/mol. The van der Waals surface area contributed by atoms with Crippen molar-refractivity contribution in [2.24, 2.45) is 0 Å². The molecule has 2 aliphatic rings. The molecule has 1 fully saturated rings. The first-order chi connectivity index (χ1) is 14.6. The van der Waals surface area contributed by atoms with Crippen molar-refractivity contribution in [1.29, 1.82) is 0 Å². The van der Waals surface area contributed by atoms with Crippen LogP contribution in [-0.2, 0) is 14.3 Å². The molecular formula is C22H29N3O5. The third kappa shape index (κ3) is 5.98. The Labute approximate surface area is 176 Å². The van der Waals surface area contributed by atoms with Crippen LogP contribution < -0.4 is 15.4 Å². The monoisotopic (exact) mass is 415 g/mol. The normalized spacial score (nSPS) is 16.0. The summed E-state index contributed by atoms with van der Waals surface area (Å²) in [6, 6.07) is 7.65. The van der Waals surface area contributed by atoms with Gasteiger partial charge in [0.05, 0.1) is 12.2 Å². The molecule has 1 aromatic rings. The lowest BCUT2D eigenvalue weighted by Crippen LogP contribution is -2.46. The van der Waals surface area contributed by atoms with Crippen molar-refractivity contribution in [3.8, 4) is 5.75 Å². The number of para-hydroxylation sites is 1. The molecule has 1 saturated heterocycles. The molecule has 162 valence electrons. The SMILES string of the molecule is CCOC(=O)N1CCC(NC(=O)CCCNC(=O)C2=Cc3ccccc3OC2)CC1. The number of likely N-dealkylation sites (tertiary alicyclic amines) is 1. The van der Waals surface area contributed by atoms with E-state index in [1.165, 1.54) is 0 Å². The standard InChI is InChI=1S/C22H29N3O5/c1-2-29-22(28)25-12-9-18(10-13-25)24-20(26)8-5-11-23-21(27)17-14-16-6-3-4-7-19(16)30-15-17/h3-4,6-7,14,18H,2,5,8-13,15H2,1H3,(H,23,27)(H,24,26). The number of amides is 3. The van der Waals surface area contributed by atoms with E-state index in [9.17, 15) is 14.4 Å². The van der Waals surface area contributed by atoms with Crippen molar-refractivity contribution in [1.82, 2.24) is 15.5 Å². The predicted molar refractivity (Wildman–Crippen MR) is 112 cm³/mol. The molecule has 8 heteroatoms. The minimum absolute atomic E-state index is 0.0343. The second kappa shape index (κ2) is 10.7. The number of carbonyl (C=O) groups is 3. The van der Waals surface area contributed by atoms with Gasteiger partial charge in [0.2, 0.25) is 5.91 Å². The zero-order valence-electron chi connectivity index (χ0n) is 17.3. The Morgan fingerprint density at radius 3 is 2.73 bits per heavy atom. The van der Waals surface area contributed by atoms with Crippen molar-refractivity contribution in [2.45, 2.75) is 38.6 Å². The van der Waals surface area contributed by atoms with Gasteiger partial charge in [0.25, 0.3) is 5.91 Å². The molecule has 0 aliphatic carbocycles. The first-order valence-corrected chi connectivity index (χ1v) is 10.5. The molecule has 2 N–H and O–H groups in total. The van der Waals surface area contributed by atoms with Crippen molar-refractivity contribution >= 4 is 24.0 Å². The molecule has 3 rings (SSSR count). The number of carbonyl (C=O) groups excluding carboxylic acids is 3. The van der Waals surface area contributed by atoms with E-state index in [0.29, 0.717) is 44.7 Å². The van der Waals surface area contributed by atoms with E-state index in [1.54, 1.807) is 11.8 Å². The van der Waals surface area contributed by atoms with Gasteiger partial charge in [0, 0.05) is 37.7 Å². The average Bonchev–Trinajstić information content (AvgIpc) is 2.77. The van der Waals surface area contributed by atoms with Gasteiger partial charge in [-0.15, -0.1) is 0 Å². The maximum atomic E-state index is 12.3. The quantitative estimate of drug-likeness (QED) is 0.665. The summed E-state index contributed by atoms with van der Waals surface area (Å²) >= 11 is 0. The number of piperidine rings is 1. The second-order valence-electron chi connectivity index (χ2n) is 7.38. The number of nitrogens with zero attached hydrogens (tertiary/aromatic N) is 1. The third-order valence-corrected chi connectivity index (χ3v) is 5.18. The summed E-state index contributed by atoms with van der Waals surface area (Å²) < 4.78 is 10.6. The summed E-state index contributed by atoms with van der Waals surface area (Å²) in [5.74, 6) is 0.572. The molecule has 2 heterocycles. The van der Waals surface area contributed by atoms with Gasteiger partial charge < -0.3 is 25.0 Å². The Bertz CT molecular complexity index is 800. The maximum absolute atomic E-state index is 12.3. The molecule has 8 nitrogen and oxygen atoms in total. The van der Waals surface area contributed by atoms with E-state index in [4.69, 9.17) is 9.47 Å². The smallest absolute Gasteiger partial charge is 0.409 e. The molecule has 0 radical (unpaired) electrons. The van der Waals surface area contributed by atoms with E-state index in [1.807, 2.05) is 30.3 Å². The maximum Gasteiger partial charge on any atom is 0.409 e. The van der Waals surface area contributed by atoms with Gasteiger partial charge in [-0.3, -0.25) is 9.59 Å². The molecule has 0 atom stereocenters. The van der Waals surface area contributed by atoms with Crippen LogP contribution in [-0.4, -0.2) is 61.7 Å². The Morgan fingerprint density at radius 1 is 1.20 bits per heavy atom. The van der Waals surface area contributed by atoms with Gasteiger partial charge in [-0.1, -0.05) is 18.2 Å². The van der Waals surface area contributed by atoms with Crippen LogP contribution in [0.25, 0.3) is 6.08 Å². The van der Waals surface area contributed by atoms with Gasteiger partial charge in [0.15, 0.2) is 0 Å². The van der Waals surface area contributed by atoms with E-state index < -0.39 is 0 Å². The number of benzene rings is 1. The highest BCUT2D eigenvalue weighted by Gasteiger charge is 2.24. The minimum Gasteiger partial charge on any atom is -0.488 e. The highest BCUT2D eigenvalue weighted by atomic mass is 16.6. The Kier molecular flexibility index (Phi) is 7.70. The van der Waals surface area contributed by atoms with Crippen LogP contribution in [0.4, 0.5) is 4.79 Å². The van der Waals surface area contributed by atoms with Gasteiger partial charge in [-0.05, 0) is 38.3 Å². The minimum atomic E-state index is -0.292. The predicted octanol–water partition coefficient (Wildman–Crippen LogP) is 2.10. The molecule has 0 bridgehead atoms. The zero-order chi connectivity index (χ0) is 21.3. The molecule has 0 aromatic heterocycles. The Balaban J connectivity index is 1.31. The van der Waals surface area contributed by atoms with Crippen molar-refractivity contribution in [3.63, 3.8) is 0 Å². The van der Waals surface area contributed by atoms with E-state index in [2.05, 4.69) is 10.6 Å². The van der Waals surface area contributed by atoms with Crippen LogP contribution in [0.15, 0.2) is 29.8 Å². The lowest BCUT2D eigenvalue weighted by Gasteiger charge is -2.31. The molecule has 0 spiro atoms. The summed E-state index contributed by atoms with van der Waals surface area (Å²) in [5, 5.41) is 5.86. The van der Waals surface area contributed by atoms with Crippen molar-refractivity contribution < 1.29 is 23.9 Å². The summed E-state index contributed by atoms with van der Waals surface area (Å²) in [6.45, 7) is 3.98. The van der Waals surface area contributed by atoms with Gasteiger partial charge in [0.1, 0.15) is 12.4 Å². The summed E-state index contributed by atoms with van der Waals surface area (Å²) in [6.07, 6.45) is 3.89. The zero-order valence-corrected chi connectivity index (χ0v) is 17.3. The number of hydrogen-bond donors (Lipinski definition) is 2. The Morgan fingerprint density at radius 2 is 1.97 bits per heavy atom. The van der Waals surface area contributed by atoms with Gasteiger partial charge in [-0.25, -0.2) is 4.79 Å². The van der Waals surface area contributed by atoms with Crippen LogP contribution in [0.1, 0.15) is 38.2 Å². The number of hydrogen-bond acceptors (Lipinski definition) is 5. The number of fused-ring (bicyclic) bond motifs is 1. The first kappa shape index (κ1) is 21.7. The van der Waals surface area contributed by atoms with Gasteiger partial charge in [-0.2, -0.15) is 0 Å². The van der Waals surface area contributed by atoms with E-state index >= 15 is 0 Å². The van der Waals surface area contributed by atoms with Crippen LogP contribution in [0.2, 0.25) is 0 Å². The largest absolute Gasteiger partial charge is 0.488 e. The summed E-state index contributed by atoms with van der Waals surface area (Å²) in [5.41, 5.74) is 1.47. The van der Waals surface area contributed by atoms with Crippen molar-refractivity contribution in [2.75, 3.05) is 32.8 Å². The first-order valence-electron chi connectivity index (χ1n) is 10.5. The van der Waals surface area contributed by atoms with Crippen molar-refractivity contribution in [3.05, 3.63) is 35.4 Å². The second-order valence-corrected chi connectivity index (χ2v) is 7.38. The summed E-state index contributed by atoms with van der Waals surface area (Å²) in [4.78, 5) is 37.8. The fourth-order valence-electron chi connectivity index (χ4n) is 3.53. The lowest BCUT2D eigenvalue weighted by molar-refractivity contribution is -0.122. The highest BCUT2D eigenvalue weighted by Crippen LogP contribution is 2.25. The molecule has 1 aromatic carbocycles. The van der Waals surface area contributed by atoms with Crippen LogP contribution in [0.5, 0.6) is 5.75 Å². The highest BCUT2D eigenvalue weighted by molar-refractivity contribution is 5.99. The fourth-order valence-corrected chi connectivity index (χ4v) is 3.53. The van der Waals surface area contributed by atoms with Gasteiger partial charge >= 0.3 is 6.09 Å². The topological polar surface area (TPSA) is 97.0 Å². The molecule has 0 unspecified atom stereocenters. The molecule has 2 aliphatic heterocycles. The molecular weight excluding hydrogens is 386 g/mol. The van der Waals surface area contributed by atoms with Crippen LogP contribution in [0, 0.1) is 0 Å². The van der Waals surface area contributed by atoms with Crippen LogP contribution in [0.3, 0.4) is 0 Å². The lowest BCUT2D eigenvalue weighted by atomic mass is 10.1. The van der Waals surface area contributed by atoms with E-state index in [-0.39, 0.29) is 30.6 Å². The van der Waals surface area contributed by atoms with Crippen LogP contribution >= 0.6 is 0 Å². The molecule has 3 amide bonds. The van der Waals surface area contributed by atoms with E-state index in [0.717, 1.165) is 24.2 Å². The molecule has 30 heavy (non-hydrogen) atoms.